The predicted octanol–water partition coefficient (Wildman–Crippen LogP) is 6.20. The Morgan fingerprint density at radius 3 is 2.15 bits per heavy atom. The molecule has 0 aromatic heterocycles. The molecule has 0 atom stereocenters. The molecule has 0 spiro atoms. The van der Waals surface area contributed by atoms with Crippen molar-refractivity contribution in [3.05, 3.63) is 42.0 Å². The van der Waals surface area contributed by atoms with E-state index in [0.717, 1.165) is 23.6 Å². The number of amides is 1. The summed E-state index contributed by atoms with van der Waals surface area (Å²) in [4.78, 5) is 12.3. The summed E-state index contributed by atoms with van der Waals surface area (Å²) in [5, 5.41) is 14.9. The van der Waals surface area contributed by atoms with Crippen molar-refractivity contribution >= 4 is 16.7 Å². The van der Waals surface area contributed by atoms with Crippen LogP contribution >= 0.6 is 0 Å². The third-order valence-electron chi connectivity index (χ3n) is 4.96. The number of unbranched alkanes of at least 4 members (excludes halogenated alkanes) is 9. The zero-order valence-electron chi connectivity index (χ0n) is 16.1. The Morgan fingerprint density at radius 2 is 1.46 bits per heavy atom. The fourth-order valence-corrected chi connectivity index (χ4v) is 3.35. The number of nitrogens with one attached hydrogen (secondary N) is 1. The molecule has 0 heterocycles. The molecule has 1 amide bonds. The first-order chi connectivity index (χ1) is 12.7. The van der Waals surface area contributed by atoms with E-state index in [2.05, 4.69) is 12.2 Å². The van der Waals surface area contributed by atoms with Crippen LogP contribution in [0.2, 0.25) is 0 Å². The highest BCUT2D eigenvalue weighted by molar-refractivity contribution is 6.03. The molecule has 142 valence electrons. The quantitative estimate of drug-likeness (QED) is 0.446. The van der Waals surface area contributed by atoms with Gasteiger partial charge in [-0.3, -0.25) is 4.79 Å². The van der Waals surface area contributed by atoms with Gasteiger partial charge in [-0.1, -0.05) is 95.0 Å². The Hall–Kier alpha value is -2.03. The monoisotopic (exact) mass is 355 g/mol. The van der Waals surface area contributed by atoms with Gasteiger partial charge in [-0.15, -0.1) is 0 Å². The van der Waals surface area contributed by atoms with Gasteiger partial charge in [-0.2, -0.15) is 0 Å². The van der Waals surface area contributed by atoms with Crippen molar-refractivity contribution in [3.63, 3.8) is 0 Å². The first-order valence-electron chi connectivity index (χ1n) is 10.2. The minimum Gasteiger partial charge on any atom is -0.506 e. The van der Waals surface area contributed by atoms with Gasteiger partial charge in [0.05, 0.1) is 5.56 Å². The van der Waals surface area contributed by atoms with Crippen LogP contribution in [0.1, 0.15) is 81.5 Å². The van der Waals surface area contributed by atoms with Gasteiger partial charge in [-0.25, -0.2) is 0 Å². The van der Waals surface area contributed by atoms with E-state index in [1.165, 1.54) is 51.4 Å². The van der Waals surface area contributed by atoms with Gasteiger partial charge >= 0.3 is 0 Å². The van der Waals surface area contributed by atoms with Gasteiger partial charge in [0.2, 0.25) is 0 Å². The molecule has 2 rings (SSSR count). The van der Waals surface area contributed by atoms with Crippen molar-refractivity contribution in [3.8, 4) is 5.75 Å². The molecule has 3 heteroatoms. The average molecular weight is 356 g/mol. The lowest BCUT2D eigenvalue weighted by atomic mass is 10.0. The Kier molecular flexibility index (Phi) is 9.02. The number of phenolic OH excluding ortho intramolecular Hbond substituents is 1. The smallest absolute Gasteiger partial charge is 0.255 e. The van der Waals surface area contributed by atoms with Gasteiger partial charge < -0.3 is 10.4 Å². The lowest BCUT2D eigenvalue weighted by molar-refractivity contribution is 0.0950. The molecule has 2 aromatic carbocycles. The summed E-state index contributed by atoms with van der Waals surface area (Å²) >= 11 is 0. The second-order valence-corrected chi connectivity index (χ2v) is 7.12. The molecule has 0 aliphatic carbocycles. The van der Waals surface area contributed by atoms with E-state index in [9.17, 15) is 9.90 Å². The van der Waals surface area contributed by atoms with Crippen molar-refractivity contribution in [1.29, 1.82) is 0 Å². The largest absolute Gasteiger partial charge is 0.506 e. The van der Waals surface area contributed by atoms with Crippen molar-refractivity contribution in [2.45, 2.75) is 71.1 Å². The molecule has 2 N–H and O–H groups in total. The SMILES string of the molecule is CCCCCCCCCCCCNC(=O)c1ccc2ccccc2c1O. The summed E-state index contributed by atoms with van der Waals surface area (Å²) in [5.74, 6) is -0.118. The highest BCUT2D eigenvalue weighted by Crippen LogP contribution is 2.28. The Morgan fingerprint density at radius 1 is 0.846 bits per heavy atom. The van der Waals surface area contributed by atoms with Crippen LogP contribution in [-0.4, -0.2) is 17.6 Å². The number of phenols is 1. The number of rotatable bonds is 12. The second kappa shape index (κ2) is 11.6. The van der Waals surface area contributed by atoms with E-state index in [1.807, 2.05) is 30.3 Å². The molecule has 0 radical (unpaired) electrons. The summed E-state index contributed by atoms with van der Waals surface area (Å²) < 4.78 is 0. The van der Waals surface area contributed by atoms with Gasteiger partial charge in [0.15, 0.2) is 0 Å². The standard InChI is InChI=1S/C23H33NO2/c1-2-3-4-5-6-7-8-9-10-13-18-24-23(26)21-17-16-19-14-11-12-15-20(19)22(21)25/h11-12,14-17,25H,2-10,13,18H2,1H3,(H,24,26). The second-order valence-electron chi connectivity index (χ2n) is 7.12. The molecule has 0 unspecified atom stereocenters. The highest BCUT2D eigenvalue weighted by Gasteiger charge is 2.12. The van der Waals surface area contributed by atoms with Crippen LogP contribution in [-0.2, 0) is 0 Å². The fraction of sp³-hybridized carbons (Fsp3) is 0.522. The zero-order chi connectivity index (χ0) is 18.6. The number of carbonyl (C=O) groups excluding carboxylic acids is 1. The lowest BCUT2D eigenvalue weighted by Gasteiger charge is -2.09. The molecular formula is C23H33NO2. The Balaban J connectivity index is 1.62. The van der Waals surface area contributed by atoms with E-state index in [4.69, 9.17) is 0 Å². The van der Waals surface area contributed by atoms with Crippen LogP contribution in [0.4, 0.5) is 0 Å². The summed E-state index contributed by atoms with van der Waals surface area (Å²) in [6.07, 6.45) is 12.8. The molecule has 0 saturated heterocycles. The molecule has 26 heavy (non-hydrogen) atoms. The Bertz CT molecular complexity index is 681. The van der Waals surface area contributed by atoms with E-state index in [1.54, 1.807) is 6.07 Å². The van der Waals surface area contributed by atoms with Gasteiger partial charge in [0, 0.05) is 11.9 Å². The van der Waals surface area contributed by atoms with Crippen LogP contribution in [0.15, 0.2) is 36.4 Å². The van der Waals surface area contributed by atoms with Gasteiger partial charge in [0.1, 0.15) is 5.75 Å². The fourth-order valence-electron chi connectivity index (χ4n) is 3.35. The predicted molar refractivity (Wildman–Crippen MR) is 110 cm³/mol. The van der Waals surface area contributed by atoms with Crippen LogP contribution in [0.25, 0.3) is 10.8 Å². The summed E-state index contributed by atoms with van der Waals surface area (Å²) in [5.41, 5.74) is 0.357. The maximum atomic E-state index is 12.3. The Labute approximate surface area is 157 Å². The van der Waals surface area contributed by atoms with E-state index in [0.29, 0.717) is 12.1 Å². The number of fused-ring (bicyclic) bond motifs is 1. The van der Waals surface area contributed by atoms with Crippen molar-refractivity contribution in [2.75, 3.05) is 6.54 Å². The van der Waals surface area contributed by atoms with Gasteiger partial charge in [0.25, 0.3) is 5.91 Å². The molecule has 0 aliphatic rings. The third kappa shape index (κ3) is 6.36. The first kappa shape index (κ1) is 20.3. The normalized spacial score (nSPS) is 11.0. The number of benzene rings is 2. The molecule has 2 aromatic rings. The van der Waals surface area contributed by atoms with E-state index < -0.39 is 0 Å². The molecule has 0 bridgehead atoms. The summed E-state index contributed by atoms with van der Waals surface area (Å²) in [7, 11) is 0. The molecule has 0 fully saturated rings. The van der Waals surface area contributed by atoms with E-state index in [-0.39, 0.29) is 11.7 Å². The molecular weight excluding hydrogens is 322 g/mol. The average Bonchev–Trinajstić information content (AvgIpc) is 2.66. The number of aromatic hydroxyl groups is 1. The minimum atomic E-state index is -0.191. The number of carbonyl (C=O) groups is 1. The third-order valence-corrected chi connectivity index (χ3v) is 4.96. The number of hydrogen-bond acceptors (Lipinski definition) is 2. The lowest BCUT2D eigenvalue weighted by Crippen LogP contribution is -2.24. The molecule has 3 nitrogen and oxygen atoms in total. The van der Waals surface area contributed by atoms with Crippen LogP contribution < -0.4 is 5.32 Å². The van der Waals surface area contributed by atoms with Gasteiger partial charge in [-0.05, 0) is 17.9 Å². The zero-order valence-corrected chi connectivity index (χ0v) is 16.1. The van der Waals surface area contributed by atoms with Crippen LogP contribution in [0.5, 0.6) is 5.75 Å². The van der Waals surface area contributed by atoms with Crippen LogP contribution in [0, 0.1) is 0 Å². The number of hydrogen-bond donors (Lipinski definition) is 2. The van der Waals surface area contributed by atoms with Crippen molar-refractivity contribution in [2.24, 2.45) is 0 Å². The maximum absolute atomic E-state index is 12.3. The van der Waals surface area contributed by atoms with Crippen LogP contribution in [0.3, 0.4) is 0 Å². The summed E-state index contributed by atoms with van der Waals surface area (Å²) in [6.45, 7) is 2.92. The highest BCUT2D eigenvalue weighted by atomic mass is 16.3. The van der Waals surface area contributed by atoms with Crippen molar-refractivity contribution < 1.29 is 9.90 Å². The van der Waals surface area contributed by atoms with Crippen molar-refractivity contribution in [1.82, 2.24) is 5.32 Å². The summed E-state index contributed by atoms with van der Waals surface area (Å²) in [6, 6.07) is 11.1. The maximum Gasteiger partial charge on any atom is 0.255 e. The first-order valence-corrected chi connectivity index (χ1v) is 10.2. The minimum absolute atomic E-state index is 0.0728. The molecule has 0 saturated carbocycles. The molecule has 0 aliphatic heterocycles. The topological polar surface area (TPSA) is 49.3 Å². The van der Waals surface area contributed by atoms with E-state index >= 15 is 0 Å².